The number of benzene rings is 2. The predicted molar refractivity (Wildman–Crippen MR) is 116 cm³/mol. The summed E-state index contributed by atoms with van der Waals surface area (Å²) in [7, 11) is 0. The van der Waals surface area contributed by atoms with Crippen LogP contribution >= 0.6 is 0 Å². The number of nitrogens with two attached hydrogens (primary N) is 1. The minimum atomic E-state index is -1.26. The lowest BCUT2D eigenvalue weighted by Gasteiger charge is -2.12. The molecule has 0 aliphatic heterocycles. The highest BCUT2D eigenvalue weighted by Gasteiger charge is 2.22. The van der Waals surface area contributed by atoms with Crippen molar-refractivity contribution in [3.63, 3.8) is 0 Å². The first-order chi connectivity index (χ1) is 14.3. The van der Waals surface area contributed by atoms with E-state index < -0.39 is 11.9 Å². The van der Waals surface area contributed by atoms with E-state index in [9.17, 15) is 9.59 Å². The Kier molecular flexibility index (Phi) is 6.49. The number of hydrogen-bond donors (Lipinski definition) is 3. The minimum absolute atomic E-state index is 0.165. The van der Waals surface area contributed by atoms with E-state index >= 15 is 0 Å². The molecule has 0 amide bonds. The van der Waals surface area contributed by atoms with Crippen molar-refractivity contribution in [3.8, 4) is 22.4 Å². The number of carboxylic acids is 2. The van der Waals surface area contributed by atoms with Crippen LogP contribution in [0.4, 0.5) is 0 Å². The van der Waals surface area contributed by atoms with Crippen molar-refractivity contribution in [2.75, 3.05) is 0 Å². The third kappa shape index (κ3) is 5.04. The molecule has 4 rings (SSSR count). The van der Waals surface area contributed by atoms with Gasteiger partial charge in [-0.05, 0) is 41.3 Å². The van der Waals surface area contributed by atoms with E-state index in [2.05, 4.69) is 72.3 Å². The molecule has 0 spiro atoms. The largest absolute Gasteiger partial charge is 0.478 e. The number of fused-ring (bicyclic) bond motifs is 3. The van der Waals surface area contributed by atoms with Gasteiger partial charge in [-0.15, -0.1) is 0 Å². The number of rotatable bonds is 5. The SMILES string of the molecule is C[C@H](N)Cn1ccc2c1-c1cc(-c3ccccc3)ccc1C2.O=C(O)C=CC(=O)O. The molecule has 1 aromatic heterocycles. The van der Waals surface area contributed by atoms with Gasteiger partial charge in [0, 0.05) is 42.9 Å². The van der Waals surface area contributed by atoms with Crippen LogP contribution in [0.5, 0.6) is 0 Å². The average molecular weight is 404 g/mol. The van der Waals surface area contributed by atoms with Crippen molar-refractivity contribution in [1.29, 1.82) is 0 Å². The lowest BCUT2D eigenvalue weighted by Crippen LogP contribution is -2.22. The lowest BCUT2D eigenvalue weighted by molar-refractivity contribution is -0.134. The first-order valence-electron chi connectivity index (χ1n) is 9.61. The third-order valence-corrected chi connectivity index (χ3v) is 4.75. The molecule has 1 heterocycles. The fourth-order valence-electron chi connectivity index (χ4n) is 3.56. The first kappa shape index (κ1) is 21.1. The van der Waals surface area contributed by atoms with Gasteiger partial charge in [0.25, 0.3) is 0 Å². The second kappa shape index (κ2) is 9.24. The van der Waals surface area contributed by atoms with Crippen molar-refractivity contribution in [2.45, 2.75) is 25.9 Å². The molecule has 0 bridgehead atoms. The highest BCUT2D eigenvalue weighted by Crippen LogP contribution is 2.39. The molecule has 0 saturated heterocycles. The van der Waals surface area contributed by atoms with Gasteiger partial charge >= 0.3 is 11.9 Å². The van der Waals surface area contributed by atoms with Crippen molar-refractivity contribution in [2.24, 2.45) is 5.73 Å². The van der Waals surface area contributed by atoms with E-state index in [0.29, 0.717) is 12.2 Å². The Morgan fingerprint density at radius 3 is 2.27 bits per heavy atom. The summed E-state index contributed by atoms with van der Waals surface area (Å²) in [6.07, 6.45) is 4.32. The van der Waals surface area contributed by atoms with Crippen LogP contribution in [0.1, 0.15) is 18.1 Å². The van der Waals surface area contributed by atoms with Crippen molar-refractivity contribution in [3.05, 3.63) is 84.1 Å². The minimum Gasteiger partial charge on any atom is -0.478 e. The maximum atomic E-state index is 9.55. The topological polar surface area (TPSA) is 106 Å². The summed E-state index contributed by atoms with van der Waals surface area (Å²) in [5.41, 5.74) is 14.1. The van der Waals surface area contributed by atoms with Gasteiger partial charge < -0.3 is 20.5 Å². The first-order valence-corrected chi connectivity index (χ1v) is 9.61. The van der Waals surface area contributed by atoms with Gasteiger partial charge in [-0.3, -0.25) is 0 Å². The summed E-state index contributed by atoms with van der Waals surface area (Å²) in [6, 6.07) is 19.8. The van der Waals surface area contributed by atoms with Crippen LogP contribution in [0.2, 0.25) is 0 Å². The third-order valence-electron chi connectivity index (χ3n) is 4.75. The van der Waals surface area contributed by atoms with E-state index in [1.807, 2.05) is 0 Å². The molecule has 0 unspecified atom stereocenters. The Morgan fingerprint density at radius 1 is 1.00 bits per heavy atom. The van der Waals surface area contributed by atoms with Gasteiger partial charge in [0.15, 0.2) is 0 Å². The highest BCUT2D eigenvalue weighted by molar-refractivity contribution is 5.89. The van der Waals surface area contributed by atoms with Crippen LogP contribution in [0.25, 0.3) is 22.4 Å². The predicted octanol–water partition coefficient (Wildman–Crippen LogP) is 3.79. The summed E-state index contributed by atoms with van der Waals surface area (Å²) in [6.45, 7) is 2.92. The molecule has 6 heteroatoms. The summed E-state index contributed by atoms with van der Waals surface area (Å²) in [5, 5.41) is 15.6. The maximum Gasteiger partial charge on any atom is 0.328 e. The molecule has 6 nitrogen and oxygen atoms in total. The average Bonchev–Trinajstić information content (AvgIpc) is 3.26. The quantitative estimate of drug-likeness (QED) is 0.439. The van der Waals surface area contributed by atoms with Crippen molar-refractivity contribution < 1.29 is 19.8 Å². The number of nitrogens with zero attached hydrogens (tertiary/aromatic N) is 1. The second-order valence-corrected chi connectivity index (χ2v) is 7.24. The summed E-state index contributed by atoms with van der Waals surface area (Å²) in [4.78, 5) is 19.1. The fraction of sp³-hybridized carbons (Fsp3) is 0.167. The summed E-state index contributed by atoms with van der Waals surface area (Å²) in [5.74, 6) is -2.51. The molecule has 0 saturated carbocycles. The molecule has 2 aromatic carbocycles. The maximum absolute atomic E-state index is 9.55. The van der Waals surface area contributed by atoms with Gasteiger partial charge in [-0.25, -0.2) is 9.59 Å². The normalized spacial score (nSPS) is 12.6. The Bertz CT molecular complexity index is 1070. The smallest absolute Gasteiger partial charge is 0.328 e. The van der Waals surface area contributed by atoms with Crippen LogP contribution in [0.15, 0.2) is 72.9 Å². The van der Waals surface area contributed by atoms with Gasteiger partial charge in [-0.1, -0.05) is 42.5 Å². The van der Waals surface area contributed by atoms with Gasteiger partial charge in [0.05, 0.1) is 5.69 Å². The zero-order valence-corrected chi connectivity index (χ0v) is 16.7. The summed E-state index contributed by atoms with van der Waals surface area (Å²) < 4.78 is 2.31. The Hall–Kier alpha value is -3.64. The zero-order valence-electron chi connectivity index (χ0n) is 16.7. The molecule has 1 aliphatic rings. The molecule has 1 aliphatic carbocycles. The van der Waals surface area contributed by atoms with Crippen LogP contribution in [0, 0.1) is 0 Å². The molecular formula is C24H24N2O4. The van der Waals surface area contributed by atoms with E-state index in [-0.39, 0.29) is 6.04 Å². The standard InChI is InChI=1S/C20H20N2.C4H4O4/c1-14(21)13-22-10-9-18-11-17-8-7-16(12-19(17)20(18)22)15-5-3-2-4-6-15;5-3(6)1-2-4(7)8/h2-10,12,14H,11,13,21H2,1H3;1-2H,(H,5,6)(H,7,8)/t14-;/m0./s1. The number of carboxylic acid groups (broad SMARTS) is 2. The van der Waals surface area contributed by atoms with Gasteiger partial charge in [0.2, 0.25) is 0 Å². The van der Waals surface area contributed by atoms with Crippen LogP contribution in [-0.4, -0.2) is 32.8 Å². The van der Waals surface area contributed by atoms with E-state index in [4.69, 9.17) is 15.9 Å². The molecule has 1 atom stereocenters. The van der Waals surface area contributed by atoms with Crippen LogP contribution < -0.4 is 5.73 Å². The Labute approximate surface area is 174 Å². The van der Waals surface area contributed by atoms with E-state index in [1.54, 1.807) is 0 Å². The lowest BCUT2D eigenvalue weighted by atomic mass is 10.00. The van der Waals surface area contributed by atoms with Gasteiger partial charge in [-0.2, -0.15) is 0 Å². The van der Waals surface area contributed by atoms with Crippen molar-refractivity contribution >= 4 is 11.9 Å². The molecule has 4 N–H and O–H groups in total. The monoisotopic (exact) mass is 404 g/mol. The van der Waals surface area contributed by atoms with Crippen LogP contribution in [0.3, 0.4) is 0 Å². The number of aliphatic carboxylic acids is 2. The molecule has 30 heavy (non-hydrogen) atoms. The number of aromatic nitrogens is 1. The Morgan fingerprint density at radius 2 is 1.67 bits per heavy atom. The molecular weight excluding hydrogens is 380 g/mol. The Balaban J connectivity index is 0.000000275. The summed E-state index contributed by atoms with van der Waals surface area (Å²) >= 11 is 0. The van der Waals surface area contributed by atoms with E-state index in [1.165, 1.54) is 33.5 Å². The van der Waals surface area contributed by atoms with E-state index in [0.717, 1.165) is 13.0 Å². The van der Waals surface area contributed by atoms with Crippen LogP contribution in [-0.2, 0) is 22.6 Å². The highest BCUT2D eigenvalue weighted by atomic mass is 16.4. The second-order valence-electron chi connectivity index (χ2n) is 7.24. The molecule has 154 valence electrons. The van der Waals surface area contributed by atoms with Crippen molar-refractivity contribution in [1.82, 2.24) is 4.57 Å². The molecule has 3 aromatic rings. The number of carbonyl (C=O) groups is 2. The molecule has 0 fully saturated rings. The van der Waals surface area contributed by atoms with Gasteiger partial charge in [0.1, 0.15) is 0 Å². The fourth-order valence-corrected chi connectivity index (χ4v) is 3.56. The number of hydrogen-bond acceptors (Lipinski definition) is 3. The molecule has 0 radical (unpaired) electrons. The zero-order chi connectivity index (χ0) is 21.7.